The molecule has 1 N–H and O–H groups in total. The number of likely N-dealkylation sites (tertiary alicyclic amines) is 1. The predicted molar refractivity (Wildman–Crippen MR) is 101 cm³/mol. The first-order valence-corrected chi connectivity index (χ1v) is 9.29. The van der Waals surface area contributed by atoms with Crippen LogP contribution in [0.1, 0.15) is 47.7 Å². The molecule has 1 atom stereocenters. The van der Waals surface area contributed by atoms with Crippen molar-refractivity contribution >= 4 is 10.9 Å². The molecule has 1 fully saturated rings. The van der Waals surface area contributed by atoms with Crippen molar-refractivity contribution in [2.24, 2.45) is 0 Å². The Labute approximate surface area is 152 Å². The Hall–Kier alpha value is -2.20. The number of nitrogens with zero attached hydrogens (tertiary/aromatic N) is 1. The molecule has 2 nitrogen and oxygen atoms in total. The molecule has 3 aromatic rings. The van der Waals surface area contributed by atoms with E-state index in [2.05, 4.69) is 41.9 Å². The van der Waals surface area contributed by atoms with Crippen molar-refractivity contribution in [2.45, 2.75) is 45.7 Å². The third kappa shape index (κ3) is 3.26. The van der Waals surface area contributed by atoms with E-state index in [-0.39, 0.29) is 6.04 Å². The highest BCUT2D eigenvalue weighted by Gasteiger charge is 2.26. The van der Waals surface area contributed by atoms with E-state index in [0.717, 1.165) is 37.7 Å². The minimum Gasteiger partial charge on any atom is -0.355 e. The van der Waals surface area contributed by atoms with Crippen molar-refractivity contribution in [3.05, 3.63) is 70.4 Å². The first kappa shape index (κ1) is 17.2. The standard InChI is InChI=1S/C22H24F2N2/c1-14-6-7-16(9-15(14)2)13-26-8-4-3-5-21(26)20-11-17-10-18(23)12-19(24)22(17)25-20/h6-7,9-12,21,25H,3-5,8,13H2,1-2H3. The van der Waals surface area contributed by atoms with Crippen LogP contribution in [0.3, 0.4) is 0 Å². The van der Waals surface area contributed by atoms with Gasteiger partial charge >= 0.3 is 0 Å². The van der Waals surface area contributed by atoms with Gasteiger partial charge in [-0.3, -0.25) is 4.90 Å². The quantitative estimate of drug-likeness (QED) is 0.631. The number of nitrogens with one attached hydrogen (secondary N) is 1. The lowest BCUT2D eigenvalue weighted by molar-refractivity contribution is 0.138. The second-order valence-corrected chi connectivity index (χ2v) is 7.48. The SMILES string of the molecule is Cc1ccc(CN2CCCCC2c2cc3cc(F)cc(F)c3[nH]2)cc1C. The topological polar surface area (TPSA) is 19.0 Å². The zero-order valence-electron chi connectivity index (χ0n) is 15.3. The average Bonchev–Trinajstić information content (AvgIpc) is 3.03. The summed E-state index contributed by atoms with van der Waals surface area (Å²) in [5, 5.41) is 0.606. The van der Waals surface area contributed by atoms with Crippen molar-refractivity contribution in [3.8, 4) is 0 Å². The number of rotatable bonds is 3. The second kappa shape index (κ2) is 6.84. The number of H-pyrrole nitrogens is 1. The normalized spacial score (nSPS) is 18.5. The van der Waals surface area contributed by atoms with E-state index in [0.29, 0.717) is 10.9 Å². The lowest BCUT2D eigenvalue weighted by Crippen LogP contribution is -2.33. The van der Waals surface area contributed by atoms with Gasteiger partial charge in [-0.25, -0.2) is 8.78 Å². The summed E-state index contributed by atoms with van der Waals surface area (Å²) in [5.74, 6) is -1.06. The maximum absolute atomic E-state index is 14.1. The summed E-state index contributed by atoms with van der Waals surface area (Å²) >= 11 is 0. The minimum absolute atomic E-state index is 0.209. The number of fused-ring (bicyclic) bond motifs is 1. The Bertz CT molecular complexity index is 945. The molecule has 0 aliphatic carbocycles. The van der Waals surface area contributed by atoms with Gasteiger partial charge in [0, 0.05) is 23.7 Å². The molecule has 26 heavy (non-hydrogen) atoms. The smallest absolute Gasteiger partial charge is 0.150 e. The molecule has 0 spiro atoms. The lowest BCUT2D eigenvalue weighted by Gasteiger charge is -2.35. The van der Waals surface area contributed by atoms with Crippen molar-refractivity contribution in [1.82, 2.24) is 9.88 Å². The van der Waals surface area contributed by atoms with Crippen LogP contribution in [0.5, 0.6) is 0 Å². The second-order valence-electron chi connectivity index (χ2n) is 7.48. The number of aromatic nitrogens is 1. The van der Waals surface area contributed by atoms with Crippen LogP contribution in [0.2, 0.25) is 0 Å². The fourth-order valence-electron chi connectivity index (χ4n) is 4.04. The Balaban J connectivity index is 1.65. The molecule has 0 bridgehead atoms. The van der Waals surface area contributed by atoms with Crippen LogP contribution >= 0.6 is 0 Å². The van der Waals surface area contributed by atoms with Gasteiger partial charge in [-0.1, -0.05) is 24.6 Å². The predicted octanol–water partition coefficient (Wildman–Crippen LogP) is 5.79. The van der Waals surface area contributed by atoms with Gasteiger partial charge in [-0.15, -0.1) is 0 Å². The van der Waals surface area contributed by atoms with Gasteiger partial charge in [0.1, 0.15) is 11.6 Å². The molecular formula is C22H24F2N2. The van der Waals surface area contributed by atoms with Crippen molar-refractivity contribution in [2.75, 3.05) is 6.54 Å². The molecule has 1 aliphatic rings. The van der Waals surface area contributed by atoms with Crippen LogP contribution in [0.25, 0.3) is 10.9 Å². The van der Waals surface area contributed by atoms with Gasteiger partial charge in [0.2, 0.25) is 0 Å². The van der Waals surface area contributed by atoms with Crippen LogP contribution in [-0.2, 0) is 6.54 Å². The fraction of sp³-hybridized carbons (Fsp3) is 0.364. The van der Waals surface area contributed by atoms with E-state index >= 15 is 0 Å². The van der Waals surface area contributed by atoms with Gasteiger partial charge < -0.3 is 4.98 Å². The van der Waals surface area contributed by atoms with E-state index in [1.54, 1.807) is 0 Å². The van der Waals surface area contributed by atoms with Gasteiger partial charge in [-0.05, 0) is 62.1 Å². The van der Waals surface area contributed by atoms with Gasteiger partial charge in [0.05, 0.1) is 11.6 Å². The zero-order valence-corrected chi connectivity index (χ0v) is 15.3. The number of hydrogen-bond acceptors (Lipinski definition) is 1. The molecule has 0 saturated carbocycles. The molecule has 4 heteroatoms. The summed E-state index contributed by atoms with van der Waals surface area (Å²) in [4.78, 5) is 5.66. The molecule has 2 heterocycles. The highest BCUT2D eigenvalue weighted by Crippen LogP contribution is 2.34. The Morgan fingerprint density at radius 3 is 2.69 bits per heavy atom. The summed E-state index contributed by atoms with van der Waals surface area (Å²) < 4.78 is 27.6. The van der Waals surface area contributed by atoms with Crippen LogP contribution in [-0.4, -0.2) is 16.4 Å². The third-order valence-corrected chi connectivity index (χ3v) is 5.60. The maximum Gasteiger partial charge on any atom is 0.150 e. The number of aromatic amines is 1. The highest BCUT2D eigenvalue weighted by atomic mass is 19.1. The Morgan fingerprint density at radius 2 is 1.88 bits per heavy atom. The van der Waals surface area contributed by atoms with E-state index in [9.17, 15) is 8.78 Å². The van der Waals surface area contributed by atoms with E-state index < -0.39 is 11.6 Å². The van der Waals surface area contributed by atoms with Gasteiger partial charge in [0.15, 0.2) is 0 Å². The van der Waals surface area contributed by atoms with E-state index in [1.807, 2.05) is 6.07 Å². The van der Waals surface area contributed by atoms with Gasteiger partial charge in [0.25, 0.3) is 0 Å². The van der Waals surface area contributed by atoms with Crippen LogP contribution in [0.15, 0.2) is 36.4 Å². The molecule has 2 aromatic carbocycles. The van der Waals surface area contributed by atoms with Crippen molar-refractivity contribution in [1.29, 1.82) is 0 Å². The van der Waals surface area contributed by atoms with Crippen LogP contribution in [0, 0.1) is 25.5 Å². The number of aryl methyl sites for hydroxylation is 2. The number of halogens is 2. The summed E-state index contributed by atoms with van der Waals surface area (Å²) in [5.41, 5.74) is 5.29. The number of hydrogen-bond donors (Lipinski definition) is 1. The first-order valence-electron chi connectivity index (χ1n) is 9.29. The molecule has 1 aromatic heterocycles. The lowest BCUT2D eigenvalue weighted by atomic mass is 9.97. The van der Waals surface area contributed by atoms with Crippen molar-refractivity contribution < 1.29 is 8.78 Å². The Morgan fingerprint density at radius 1 is 1.04 bits per heavy atom. The Kier molecular flexibility index (Phi) is 4.53. The molecule has 0 amide bonds. The van der Waals surface area contributed by atoms with Gasteiger partial charge in [-0.2, -0.15) is 0 Å². The molecular weight excluding hydrogens is 330 g/mol. The number of benzene rings is 2. The monoisotopic (exact) mass is 354 g/mol. The summed E-state index contributed by atoms with van der Waals surface area (Å²) in [7, 11) is 0. The highest BCUT2D eigenvalue weighted by molar-refractivity contribution is 5.81. The molecule has 0 radical (unpaired) electrons. The first-order chi connectivity index (χ1) is 12.5. The molecule has 1 saturated heterocycles. The summed E-state index contributed by atoms with van der Waals surface area (Å²) in [6.45, 7) is 6.16. The number of piperidine rings is 1. The van der Waals surface area contributed by atoms with Crippen LogP contribution in [0.4, 0.5) is 8.78 Å². The fourth-order valence-corrected chi connectivity index (χ4v) is 4.04. The maximum atomic E-state index is 14.1. The van der Waals surface area contributed by atoms with Crippen molar-refractivity contribution in [3.63, 3.8) is 0 Å². The molecule has 4 rings (SSSR count). The van der Waals surface area contributed by atoms with Crippen LogP contribution < -0.4 is 0 Å². The third-order valence-electron chi connectivity index (χ3n) is 5.60. The van der Waals surface area contributed by atoms with E-state index in [4.69, 9.17) is 0 Å². The van der Waals surface area contributed by atoms with E-state index in [1.165, 1.54) is 29.2 Å². The average molecular weight is 354 g/mol. The summed E-state index contributed by atoms with van der Waals surface area (Å²) in [6.07, 6.45) is 3.35. The molecule has 136 valence electrons. The summed E-state index contributed by atoms with van der Waals surface area (Å²) in [6, 6.07) is 11.1. The largest absolute Gasteiger partial charge is 0.355 e. The molecule has 1 unspecified atom stereocenters. The molecule has 1 aliphatic heterocycles. The minimum atomic E-state index is -0.531. The zero-order chi connectivity index (χ0) is 18.3.